The second kappa shape index (κ2) is 6.11. The van der Waals surface area contributed by atoms with Crippen molar-refractivity contribution in [1.82, 2.24) is 15.2 Å². The van der Waals surface area contributed by atoms with Gasteiger partial charge in [-0.1, -0.05) is 12.1 Å². The summed E-state index contributed by atoms with van der Waals surface area (Å²) in [6.07, 6.45) is 3.66. The fourth-order valence-electron chi connectivity index (χ4n) is 1.89. The fourth-order valence-corrected chi connectivity index (χ4v) is 3.06. The number of pyridine rings is 1. The Hall–Kier alpha value is -2.12. The Balaban J connectivity index is 1.96. The SMILES string of the molecule is CSc1n[nH]c(NC(=O)c2cccs2)c1-c1ccccn1. The van der Waals surface area contributed by atoms with Crippen molar-refractivity contribution in [3.8, 4) is 11.3 Å². The van der Waals surface area contributed by atoms with E-state index in [1.807, 2.05) is 35.9 Å². The van der Waals surface area contributed by atoms with Crippen molar-refractivity contribution in [3.63, 3.8) is 0 Å². The molecule has 0 aliphatic rings. The van der Waals surface area contributed by atoms with Gasteiger partial charge in [0.15, 0.2) is 0 Å². The van der Waals surface area contributed by atoms with E-state index in [0.29, 0.717) is 10.7 Å². The summed E-state index contributed by atoms with van der Waals surface area (Å²) in [7, 11) is 0. The fraction of sp³-hybridized carbons (Fsp3) is 0.0714. The molecule has 3 rings (SSSR count). The molecule has 1 amide bonds. The smallest absolute Gasteiger partial charge is 0.266 e. The van der Waals surface area contributed by atoms with Crippen molar-refractivity contribution in [2.75, 3.05) is 11.6 Å². The van der Waals surface area contributed by atoms with Crippen LogP contribution in [0.2, 0.25) is 0 Å². The summed E-state index contributed by atoms with van der Waals surface area (Å²) in [5.74, 6) is 0.412. The van der Waals surface area contributed by atoms with E-state index in [-0.39, 0.29) is 5.91 Å². The number of rotatable bonds is 4. The van der Waals surface area contributed by atoms with Crippen LogP contribution in [0.15, 0.2) is 46.9 Å². The second-order valence-electron chi connectivity index (χ2n) is 4.13. The van der Waals surface area contributed by atoms with Crippen LogP contribution in [-0.2, 0) is 0 Å². The number of nitrogens with one attached hydrogen (secondary N) is 2. The molecule has 106 valence electrons. The van der Waals surface area contributed by atoms with Gasteiger partial charge in [-0.05, 0) is 29.8 Å². The summed E-state index contributed by atoms with van der Waals surface area (Å²) in [6, 6.07) is 9.29. The van der Waals surface area contributed by atoms with Crippen LogP contribution >= 0.6 is 23.1 Å². The van der Waals surface area contributed by atoms with E-state index in [1.54, 1.807) is 12.3 Å². The molecular formula is C14H12N4OS2. The number of nitrogens with zero attached hydrogens (tertiary/aromatic N) is 2. The van der Waals surface area contributed by atoms with Gasteiger partial charge >= 0.3 is 0 Å². The van der Waals surface area contributed by atoms with Gasteiger partial charge in [0.1, 0.15) is 10.8 Å². The maximum atomic E-state index is 12.2. The number of thioether (sulfide) groups is 1. The molecule has 5 nitrogen and oxygen atoms in total. The minimum Gasteiger partial charge on any atom is -0.306 e. The van der Waals surface area contributed by atoms with Gasteiger partial charge < -0.3 is 5.32 Å². The Bertz CT molecular complexity index is 738. The van der Waals surface area contributed by atoms with E-state index in [0.717, 1.165) is 16.3 Å². The first kappa shape index (κ1) is 13.8. The van der Waals surface area contributed by atoms with Crippen LogP contribution in [0, 0.1) is 0 Å². The molecule has 0 saturated heterocycles. The molecule has 3 aromatic heterocycles. The Labute approximate surface area is 129 Å². The van der Waals surface area contributed by atoms with Gasteiger partial charge in [-0.2, -0.15) is 5.10 Å². The average Bonchev–Trinajstić information content (AvgIpc) is 3.17. The number of thiophene rings is 1. The summed E-state index contributed by atoms with van der Waals surface area (Å²) in [5, 5.41) is 12.6. The van der Waals surface area contributed by atoms with Gasteiger partial charge in [0.25, 0.3) is 5.91 Å². The van der Waals surface area contributed by atoms with E-state index in [9.17, 15) is 4.79 Å². The van der Waals surface area contributed by atoms with Crippen LogP contribution in [0.5, 0.6) is 0 Å². The molecule has 0 spiro atoms. The Kier molecular flexibility index (Phi) is 4.03. The third kappa shape index (κ3) is 2.84. The standard InChI is InChI=1S/C14H12N4OS2/c1-20-14-11(9-5-2-3-7-15-9)12(17-18-14)16-13(19)10-6-4-8-21-10/h2-8H,1H3,(H2,16,17,18,19). The number of aromatic nitrogens is 3. The van der Waals surface area contributed by atoms with Crippen molar-refractivity contribution < 1.29 is 4.79 Å². The lowest BCUT2D eigenvalue weighted by atomic mass is 10.2. The van der Waals surface area contributed by atoms with Crippen molar-refractivity contribution in [2.45, 2.75) is 5.03 Å². The number of anilines is 1. The summed E-state index contributed by atoms with van der Waals surface area (Å²) in [5.41, 5.74) is 1.59. The Morgan fingerprint density at radius 1 is 1.33 bits per heavy atom. The third-order valence-electron chi connectivity index (χ3n) is 2.83. The van der Waals surface area contributed by atoms with Crippen LogP contribution in [-0.4, -0.2) is 27.3 Å². The predicted octanol–water partition coefficient (Wildman–Crippen LogP) is 3.51. The molecule has 0 aliphatic heterocycles. The van der Waals surface area contributed by atoms with Crippen molar-refractivity contribution in [3.05, 3.63) is 46.8 Å². The van der Waals surface area contributed by atoms with E-state index in [4.69, 9.17) is 0 Å². The van der Waals surface area contributed by atoms with Crippen molar-refractivity contribution >= 4 is 34.8 Å². The molecule has 0 bridgehead atoms. The molecule has 2 N–H and O–H groups in total. The molecule has 0 fully saturated rings. The lowest BCUT2D eigenvalue weighted by molar-refractivity contribution is 0.103. The first-order chi connectivity index (χ1) is 10.3. The van der Waals surface area contributed by atoms with Gasteiger partial charge in [0.2, 0.25) is 0 Å². The molecule has 0 saturated carbocycles. The molecule has 0 radical (unpaired) electrons. The minimum absolute atomic E-state index is 0.154. The van der Waals surface area contributed by atoms with Gasteiger partial charge in [-0.15, -0.1) is 23.1 Å². The summed E-state index contributed by atoms with van der Waals surface area (Å²) in [6.45, 7) is 0. The van der Waals surface area contributed by atoms with E-state index in [1.165, 1.54) is 23.1 Å². The van der Waals surface area contributed by atoms with Crippen LogP contribution in [0.25, 0.3) is 11.3 Å². The maximum absolute atomic E-state index is 12.2. The molecule has 21 heavy (non-hydrogen) atoms. The van der Waals surface area contributed by atoms with E-state index < -0.39 is 0 Å². The molecule has 0 aromatic carbocycles. The number of amides is 1. The zero-order chi connectivity index (χ0) is 14.7. The highest BCUT2D eigenvalue weighted by molar-refractivity contribution is 7.98. The lowest BCUT2D eigenvalue weighted by Gasteiger charge is -2.05. The lowest BCUT2D eigenvalue weighted by Crippen LogP contribution is -2.11. The first-order valence-corrected chi connectivity index (χ1v) is 8.28. The zero-order valence-corrected chi connectivity index (χ0v) is 12.8. The van der Waals surface area contributed by atoms with Crippen LogP contribution < -0.4 is 5.32 Å². The zero-order valence-electron chi connectivity index (χ0n) is 11.2. The van der Waals surface area contributed by atoms with Crippen LogP contribution in [0.4, 0.5) is 5.82 Å². The number of carbonyl (C=O) groups is 1. The highest BCUT2D eigenvalue weighted by atomic mass is 32.2. The predicted molar refractivity (Wildman–Crippen MR) is 85.9 cm³/mol. The summed E-state index contributed by atoms with van der Waals surface area (Å²) >= 11 is 2.90. The van der Waals surface area contributed by atoms with Crippen LogP contribution in [0.3, 0.4) is 0 Å². The molecule has 0 aliphatic carbocycles. The van der Waals surface area contributed by atoms with Gasteiger partial charge in [-0.25, -0.2) is 0 Å². The topological polar surface area (TPSA) is 70.7 Å². The summed E-state index contributed by atoms with van der Waals surface area (Å²) < 4.78 is 0. The number of aromatic amines is 1. The highest BCUT2D eigenvalue weighted by Crippen LogP contribution is 2.33. The van der Waals surface area contributed by atoms with Gasteiger partial charge in [0.05, 0.1) is 16.1 Å². The molecule has 3 heterocycles. The summed E-state index contributed by atoms with van der Waals surface area (Å²) in [4.78, 5) is 17.2. The van der Waals surface area contributed by atoms with E-state index in [2.05, 4.69) is 20.5 Å². The quantitative estimate of drug-likeness (QED) is 0.723. The molecule has 0 unspecified atom stereocenters. The van der Waals surface area contributed by atoms with Crippen molar-refractivity contribution in [1.29, 1.82) is 0 Å². The maximum Gasteiger partial charge on any atom is 0.266 e. The molecule has 0 atom stereocenters. The van der Waals surface area contributed by atoms with Gasteiger partial charge in [-0.3, -0.25) is 14.9 Å². The van der Waals surface area contributed by atoms with Crippen LogP contribution in [0.1, 0.15) is 9.67 Å². The van der Waals surface area contributed by atoms with Crippen molar-refractivity contribution in [2.24, 2.45) is 0 Å². The molecule has 7 heteroatoms. The second-order valence-corrected chi connectivity index (χ2v) is 5.87. The number of hydrogen-bond donors (Lipinski definition) is 2. The molecular weight excluding hydrogens is 304 g/mol. The Morgan fingerprint density at radius 2 is 2.24 bits per heavy atom. The first-order valence-electron chi connectivity index (χ1n) is 6.18. The number of H-pyrrole nitrogens is 1. The number of hydrogen-bond acceptors (Lipinski definition) is 5. The number of carbonyl (C=O) groups excluding carboxylic acids is 1. The van der Waals surface area contributed by atoms with E-state index >= 15 is 0 Å². The minimum atomic E-state index is -0.154. The normalized spacial score (nSPS) is 10.5. The van der Waals surface area contributed by atoms with Gasteiger partial charge in [0, 0.05) is 6.20 Å². The third-order valence-corrected chi connectivity index (χ3v) is 4.38. The molecule has 3 aromatic rings. The largest absolute Gasteiger partial charge is 0.306 e. The highest BCUT2D eigenvalue weighted by Gasteiger charge is 2.18. The average molecular weight is 316 g/mol. The Morgan fingerprint density at radius 3 is 2.90 bits per heavy atom. The monoisotopic (exact) mass is 316 g/mol.